The summed E-state index contributed by atoms with van der Waals surface area (Å²) in [4.78, 5) is 44.7. The summed E-state index contributed by atoms with van der Waals surface area (Å²) in [6.07, 6.45) is 1.71. The Morgan fingerprint density at radius 2 is 1.68 bits per heavy atom. The zero-order valence-corrected chi connectivity index (χ0v) is 23.9. The van der Waals surface area contributed by atoms with E-state index < -0.39 is 58.0 Å². The lowest BCUT2D eigenvalue weighted by atomic mass is 9.57. The number of ketones is 2. The number of benzene rings is 1. The van der Waals surface area contributed by atoms with Crippen molar-refractivity contribution >= 4 is 23.2 Å². The number of primary amides is 1. The number of nitrogens with two attached hydrogens (primary N) is 1. The molecule has 3 aliphatic carbocycles. The fourth-order valence-electron chi connectivity index (χ4n) is 7.89. The van der Waals surface area contributed by atoms with E-state index in [0.29, 0.717) is 18.4 Å². The summed E-state index contributed by atoms with van der Waals surface area (Å²) in [5, 5.41) is 44.8. The number of phenols is 1. The molecule has 1 aliphatic heterocycles. The second-order valence-corrected chi connectivity index (χ2v) is 13.2. The molecule has 0 radical (unpaired) electrons. The molecule has 0 spiro atoms. The van der Waals surface area contributed by atoms with Crippen LogP contribution in [0.5, 0.6) is 5.75 Å². The van der Waals surface area contributed by atoms with Crippen LogP contribution in [-0.2, 0) is 20.8 Å². The largest absolute Gasteiger partial charge is 0.508 e. The van der Waals surface area contributed by atoms with E-state index in [1.807, 2.05) is 4.90 Å². The minimum atomic E-state index is -2.66. The first-order valence-corrected chi connectivity index (χ1v) is 13.7. The van der Waals surface area contributed by atoms with E-state index in [2.05, 4.69) is 39.6 Å². The minimum Gasteiger partial charge on any atom is -0.508 e. The van der Waals surface area contributed by atoms with E-state index in [-0.39, 0.29) is 46.8 Å². The van der Waals surface area contributed by atoms with Gasteiger partial charge >= 0.3 is 0 Å². The number of nitrogens with zero attached hydrogens (tertiary/aromatic N) is 2. The van der Waals surface area contributed by atoms with Gasteiger partial charge in [0.15, 0.2) is 11.4 Å². The van der Waals surface area contributed by atoms with Crippen molar-refractivity contribution in [3.8, 4) is 5.75 Å². The van der Waals surface area contributed by atoms with Crippen molar-refractivity contribution in [2.75, 3.05) is 14.1 Å². The van der Waals surface area contributed by atoms with Gasteiger partial charge < -0.3 is 26.2 Å². The van der Waals surface area contributed by atoms with Crippen LogP contribution in [0.25, 0.3) is 5.76 Å². The Bertz CT molecular complexity index is 1380. The second kappa shape index (κ2) is 8.89. The third kappa shape index (κ3) is 3.76. The molecule has 0 aromatic heterocycles. The molecule has 1 saturated carbocycles. The van der Waals surface area contributed by atoms with E-state index in [9.17, 15) is 34.8 Å². The van der Waals surface area contributed by atoms with Gasteiger partial charge in [0.1, 0.15) is 22.8 Å². The van der Waals surface area contributed by atoms with Gasteiger partial charge in [-0.2, -0.15) is 0 Å². The van der Waals surface area contributed by atoms with Crippen LogP contribution in [0.2, 0.25) is 0 Å². The number of carbonyl (C=O) groups is 3. The van der Waals surface area contributed by atoms with Crippen LogP contribution in [0, 0.1) is 11.8 Å². The van der Waals surface area contributed by atoms with Gasteiger partial charge in [0.2, 0.25) is 5.78 Å². The van der Waals surface area contributed by atoms with Crippen LogP contribution in [0.15, 0.2) is 35.1 Å². The Kier molecular flexibility index (Phi) is 6.30. The number of carbonyl (C=O) groups excluding carboxylic acids is 3. The first kappa shape index (κ1) is 28.3. The Morgan fingerprint density at radius 1 is 1.07 bits per heavy atom. The summed E-state index contributed by atoms with van der Waals surface area (Å²) in [7, 11) is 3.82. The highest BCUT2D eigenvalue weighted by molar-refractivity contribution is 6.24. The molecule has 10 nitrogen and oxygen atoms in total. The maximum absolute atomic E-state index is 14.1. The predicted molar refractivity (Wildman–Crippen MR) is 147 cm³/mol. The zero-order valence-electron chi connectivity index (χ0n) is 23.9. The van der Waals surface area contributed by atoms with Crippen LogP contribution in [0.4, 0.5) is 0 Å². The molecule has 1 aromatic rings. The Morgan fingerprint density at radius 3 is 2.25 bits per heavy atom. The summed E-state index contributed by atoms with van der Waals surface area (Å²) < 4.78 is 0. The van der Waals surface area contributed by atoms with E-state index in [0.717, 1.165) is 0 Å². The lowest BCUT2D eigenvalue weighted by molar-refractivity contribution is -0.157. The van der Waals surface area contributed by atoms with E-state index >= 15 is 0 Å². The van der Waals surface area contributed by atoms with Gasteiger partial charge in [-0.1, -0.05) is 12.1 Å². The number of rotatable bonds is 3. The molecule has 6 N–H and O–H groups in total. The standard InChI is InChI=1S/C30H39N3O7/c1-28(2)12-16(13-29(3,4)33(28)6)32(5)22-17-11-15-10-14-8-7-9-18(34)19(14)23(35)20(15)25(37)30(17,40)26(38)21(24(22)36)27(31)39/h7-9,15-17,22,34-35,38,40H,10-13H2,1-6H3,(H2,31,39). The molecule has 1 amide bonds. The molecule has 1 heterocycles. The van der Waals surface area contributed by atoms with Crippen LogP contribution in [-0.4, -0.2) is 90.6 Å². The average Bonchev–Trinajstić information content (AvgIpc) is 2.84. The van der Waals surface area contributed by atoms with Gasteiger partial charge in [-0.3, -0.25) is 24.2 Å². The summed E-state index contributed by atoms with van der Waals surface area (Å²) in [5.74, 6) is -6.41. The molecule has 4 atom stereocenters. The highest BCUT2D eigenvalue weighted by Crippen LogP contribution is 2.53. The average molecular weight is 554 g/mol. The molecule has 4 aliphatic rings. The number of aliphatic hydroxyl groups is 3. The zero-order chi connectivity index (χ0) is 29.7. The van der Waals surface area contributed by atoms with Crippen molar-refractivity contribution in [2.24, 2.45) is 17.6 Å². The topological polar surface area (TPSA) is 165 Å². The molecule has 1 saturated heterocycles. The first-order chi connectivity index (χ1) is 18.4. The van der Waals surface area contributed by atoms with Crippen LogP contribution in [0.1, 0.15) is 58.1 Å². The summed E-state index contributed by atoms with van der Waals surface area (Å²) in [6, 6.07) is 3.50. The second-order valence-electron chi connectivity index (χ2n) is 13.2. The fraction of sp³-hybridized carbons (Fsp3) is 0.567. The SMILES string of the molecule is CN(C1CC(C)(C)N(C)C(C)(C)C1)C1C(=O)C(C(N)=O)=C(O)C2(O)C(=O)C3=C(O)c4c(O)cccc4CC3CC12. The number of aromatic hydroxyl groups is 1. The molecule has 1 aromatic carbocycles. The maximum Gasteiger partial charge on any atom is 0.255 e. The minimum absolute atomic E-state index is 0.0764. The number of likely N-dealkylation sites (tertiary alicyclic amines) is 1. The molecule has 5 rings (SSSR count). The molecule has 40 heavy (non-hydrogen) atoms. The van der Waals surface area contributed by atoms with Gasteiger partial charge in [0, 0.05) is 28.6 Å². The number of phenolic OH excluding ortho intramolecular Hbond substituents is 1. The Labute approximate surface area is 233 Å². The van der Waals surface area contributed by atoms with Crippen molar-refractivity contribution in [3.05, 3.63) is 46.2 Å². The number of hydrogen-bond donors (Lipinski definition) is 5. The monoisotopic (exact) mass is 553 g/mol. The first-order valence-electron chi connectivity index (χ1n) is 13.7. The fourth-order valence-corrected chi connectivity index (χ4v) is 7.89. The van der Waals surface area contributed by atoms with Crippen molar-refractivity contribution < 1.29 is 34.8 Å². The summed E-state index contributed by atoms with van der Waals surface area (Å²) in [6.45, 7) is 8.47. The lowest BCUT2D eigenvalue weighted by Crippen LogP contribution is -2.69. The van der Waals surface area contributed by atoms with Crippen molar-refractivity contribution in [1.82, 2.24) is 9.80 Å². The smallest absolute Gasteiger partial charge is 0.255 e. The number of likely N-dealkylation sites (N-methyl/N-ethyl adjacent to an activating group) is 1. The third-order valence-electron chi connectivity index (χ3n) is 10.2. The van der Waals surface area contributed by atoms with E-state index in [4.69, 9.17) is 5.73 Å². The van der Waals surface area contributed by atoms with Crippen molar-refractivity contribution in [1.29, 1.82) is 0 Å². The van der Waals surface area contributed by atoms with Gasteiger partial charge in [-0.15, -0.1) is 0 Å². The number of Topliss-reactive ketones (excluding diaryl/α,β-unsaturated/α-hetero) is 2. The summed E-state index contributed by atoms with van der Waals surface area (Å²) in [5.41, 5.74) is 2.20. The molecular formula is C30H39N3O7. The van der Waals surface area contributed by atoms with Gasteiger partial charge in [-0.25, -0.2) is 0 Å². The normalized spacial score (nSPS) is 32.1. The molecule has 4 unspecified atom stereocenters. The van der Waals surface area contributed by atoms with Gasteiger partial charge in [0.25, 0.3) is 5.91 Å². The Hall–Kier alpha value is -3.21. The molecule has 0 bridgehead atoms. The van der Waals surface area contributed by atoms with Gasteiger partial charge in [0.05, 0.1) is 11.6 Å². The molecular weight excluding hydrogens is 514 g/mol. The molecule has 2 fully saturated rings. The van der Waals surface area contributed by atoms with E-state index in [1.54, 1.807) is 19.2 Å². The summed E-state index contributed by atoms with van der Waals surface area (Å²) >= 11 is 0. The number of aliphatic hydroxyl groups excluding tert-OH is 2. The van der Waals surface area contributed by atoms with Gasteiger partial charge in [-0.05, 0) is 85.0 Å². The van der Waals surface area contributed by atoms with Crippen molar-refractivity contribution in [2.45, 2.75) is 82.1 Å². The van der Waals surface area contributed by atoms with Crippen LogP contribution in [0.3, 0.4) is 0 Å². The molecule has 10 heteroatoms. The van der Waals surface area contributed by atoms with Crippen LogP contribution >= 0.6 is 0 Å². The number of fused-ring (bicyclic) bond motifs is 3. The van der Waals surface area contributed by atoms with E-state index in [1.165, 1.54) is 6.07 Å². The number of hydrogen-bond acceptors (Lipinski definition) is 9. The number of piperidine rings is 1. The number of amides is 1. The van der Waals surface area contributed by atoms with Crippen LogP contribution < -0.4 is 5.73 Å². The highest BCUT2D eigenvalue weighted by Gasteiger charge is 2.65. The van der Waals surface area contributed by atoms with Crippen molar-refractivity contribution in [3.63, 3.8) is 0 Å². The quantitative estimate of drug-likeness (QED) is 0.352. The lowest BCUT2D eigenvalue weighted by Gasteiger charge is -2.57. The Balaban J connectivity index is 1.66. The maximum atomic E-state index is 14.1. The predicted octanol–water partition coefficient (Wildman–Crippen LogP) is 1.99. The third-order valence-corrected chi connectivity index (χ3v) is 10.2. The molecule has 216 valence electrons. The highest BCUT2D eigenvalue weighted by atomic mass is 16.3.